The smallest absolute Gasteiger partial charge is 0.262 e. The molecule has 3 aromatic rings. The topological polar surface area (TPSA) is 87.8 Å². The van der Waals surface area contributed by atoms with E-state index in [0.717, 1.165) is 24.8 Å². The minimum Gasteiger partial charge on any atom is -0.325 e. The molecule has 0 atom stereocenters. The predicted molar refractivity (Wildman–Crippen MR) is 132 cm³/mol. The predicted octanol–water partition coefficient (Wildman–Crippen LogP) is 5.08. The normalized spacial score (nSPS) is 13.4. The standard InChI is InChI=1S/C26H26N4O2S/c27-16-14-20-10-12-21(13-11-20)28-24(31)18-33-26-29-23-9-5-4-8-22(23)25(32)30(26)17-15-19-6-2-1-3-7-19/h4-6,8-13H,1-3,7,14-15,17-18H2,(H,28,31). The lowest BCUT2D eigenvalue weighted by Crippen LogP contribution is -2.24. The summed E-state index contributed by atoms with van der Waals surface area (Å²) in [6.07, 6.45) is 8.10. The largest absolute Gasteiger partial charge is 0.325 e. The molecule has 33 heavy (non-hydrogen) atoms. The number of allylic oxidation sites excluding steroid dienone is 2. The Morgan fingerprint density at radius 2 is 1.97 bits per heavy atom. The number of rotatable bonds is 8. The van der Waals surface area contributed by atoms with Crippen molar-refractivity contribution in [1.29, 1.82) is 5.26 Å². The van der Waals surface area contributed by atoms with Crippen molar-refractivity contribution in [1.82, 2.24) is 9.55 Å². The summed E-state index contributed by atoms with van der Waals surface area (Å²) >= 11 is 1.28. The van der Waals surface area contributed by atoms with Gasteiger partial charge in [0, 0.05) is 12.2 Å². The summed E-state index contributed by atoms with van der Waals surface area (Å²) in [7, 11) is 0. The van der Waals surface area contributed by atoms with Crippen LogP contribution in [0.1, 0.15) is 37.7 Å². The molecule has 0 saturated heterocycles. The van der Waals surface area contributed by atoms with Crippen LogP contribution in [0.25, 0.3) is 10.9 Å². The van der Waals surface area contributed by atoms with Crippen LogP contribution in [0.4, 0.5) is 5.69 Å². The summed E-state index contributed by atoms with van der Waals surface area (Å²) in [6, 6.07) is 16.7. The van der Waals surface area contributed by atoms with Crippen LogP contribution in [-0.4, -0.2) is 21.2 Å². The van der Waals surface area contributed by atoms with E-state index >= 15 is 0 Å². The number of carbonyl (C=O) groups is 1. The third kappa shape index (κ3) is 5.91. The van der Waals surface area contributed by atoms with Gasteiger partial charge in [0.25, 0.3) is 5.56 Å². The molecule has 1 N–H and O–H groups in total. The van der Waals surface area contributed by atoms with Gasteiger partial charge in [0.15, 0.2) is 5.16 Å². The minimum atomic E-state index is -0.169. The third-order valence-electron chi connectivity index (χ3n) is 5.72. The first kappa shape index (κ1) is 22.8. The van der Waals surface area contributed by atoms with Crippen LogP contribution in [0, 0.1) is 11.3 Å². The number of benzene rings is 2. The maximum atomic E-state index is 13.2. The van der Waals surface area contributed by atoms with Crippen molar-refractivity contribution in [3.05, 3.63) is 76.1 Å². The number of hydrogen-bond donors (Lipinski definition) is 1. The zero-order valence-electron chi connectivity index (χ0n) is 18.4. The Balaban J connectivity index is 1.49. The summed E-state index contributed by atoms with van der Waals surface area (Å²) < 4.78 is 1.71. The average Bonchev–Trinajstić information content (AvgIpc) is 2.84. The van der Waals surface area contributed by atoms with E-state index in [9.17, 15) is 9.59 Å². The third-order valence-corrected chi connectivity index (χ3v) is 6.70. The molecule has 2 aromatic carbocycles. The van der Waals surface area contributed by atoms with Crippen molar-refractivity contribution in [2.45, 2.75) is 50.2 Å². The SMILES string of the molecule is N#CCc1ccc(NC(=O)CSc2nc3ccccc3c(=O)n2CCC2=CCCCC2)cc1. The molecule has 0 fully saturated rings. The number of aromatic nitrogens is 2. The Morgan fingerprint density at radius 3 is 2.73 bits per heavy atom. The average molecular weight is 459 g/mol. The van der Waals surface area contributed by atoms with Crippen LogP contribution in [0.2, 0.25) is 0 Å². The van der Waals surface area contributed by atoms with Gasteiger partial charge in [0.05, 0.1) is 29.1 Å². The van der Waals surface area contributed by atoms with Gasteiger partial charge >= 0.3 is 0 Å². The lowest BCUT2D eigenvalue weighted by Gasteiger charge is -2.16. The Bertz CT molecular complexity index is 1270. The van der Waals surface area contributed by atoms with Crippen LogP contribution in [0.15, 0.2) is 70.1 Å². The molecule has 0 aliphatic heterocycles. The first-order valence-corrected chi connectivity index (χ1v) is 12.2. The number of anilines is 1. The summed E-state index contributed by atoms with van der Waals surface area (Å²) in [4.78, 5) is 30.5. The second kappa shape index (κ2) is 11.0. The molecule has 1 aliphatic rings. The van der Waals surface area contributed by atoms with Gasteiger partial charge in [0.1, 0.15) is 0 Å². The summed E-state index contributed by atoms with van der Waals surface area (Å²) in [5.41, 5.74) is 3.56. The number of carbonyl (C=O) groups excluding carboxylic acids is 1. The van der Waals surface area contributed by atoms with Crippen LogP contribution >= 0.6 is 11.8 Å². The Labute approximate surface area is 197 Å². The Hall–Kier alpha value is -3.37. The molecular formula is C26H26N4O2S. The summed E-state index contributed by atoms with van der Waals surface area (Å²) in [5, 5.41) is 12.8. The van der Waals surface area contributed by atoms with Gasteiger partial charge in [-0.2, -0.15) is 5.26 Å². The first-order chi connectivity index (χ1) is 16.1. The van der Waals surface area contributed by atoms with Crippen molar-refractivity contribution in [3.8, 4) is 6.07 Å². The zero-order chi connectivity index (χ0) is 23.0. The summed E-state index contributed by atoms with van der Waals surface area (Å²) in [6.45, 7) is 0.562. The fraction of sp³-hybridized carbons (Fsp3) is 0.308. The highest BCUT2D eigenvalue weighted by Crippen LogP contribution is 2.23. The van der Waals surface area contributed by atoms with Crippen LogP contribution in [0.3, 0.4) is 0 Å². The molecule has 0 unspecified atom stereocenters. The van der Waals surface area contributed by atoms with E-state index < -0.39 is 0 Å². The van der Waals surface area contributed by atoms with Crippen molar-refractivity contribution in [2.75, 3.05) is 11.1 Å². The van der Waals surface area contributed by atoms with Crippen LogP contribution < -0.4 is 10.9 Å². The highest BCUT2D eigenvalue weighted by atomic mass is 32.2. The van der Waals surface area contributed by atoms with Crippen LogP contribution in [-0.2, 0) is 17.8 Å². The second-order valence-corrected chi connectivity index (χ2v) is 9.04. The van der Waals surface area contributed by atoms with E-state index in [-0.39, 0.29) is 17.2 Å². The zero-order valence-corrected chi connectivity index (χ0v) is 19.2. The van der Waals surface area contributed by atoms with E-state index in [0.29, 0.717) is 34.7 Å². The minimum absolute atomic E-state index is 0.0620. The van der Waals surface area contributed by atoms with E-state index in [4.69, 9.17) is 10.2 Å². The molecule has 7 heteroatoms. The molecule has 1 aromatic heterocycles. The van der Waals surface area contributed by atoms with Gasteiger partial charge in [-0.05, 0) is 61.9 Å². The number of nitrogens with zero attached hydrogens (tertiary/aromatic N) is 3. The van der Waals surface area contributed by atoms with Gasteiger partial charge in [-0.3, -0.25) is 14.2 Å². The maximum Gasteiger partial charge on any atom is 0.262 e. The van der Waals surface area contributed by atoms with Crippen molar-refractivity contribution < 1.29 is 4.79 Å². The molecule has 1 heterocycles. The number of nitrogens with one attached hydrogen (secondary N) is 1. The number of thioether (sulfide) groups is 1. The highest BCUT2D eigenvalue weighted by Gasteiger charge is 2.14. The molecule has 0 saturated carbocycles. The molecule has 4 rings (SSSR count). The molecule has 0 spiro atoms. The van der Waals surface area contributed by atoms with Crippen molar-refractivity contribution >= 4 is 34.3 Å². The van der Waals surface area contributed by atoms with Crippen LogP contribution in [0.5, 0.6) is 0 Å². The quantitative estimate of drug-likeness (QED) is 0.289. The van der Waals surface area contributed by atoms with Gasteiger partial charge in [0.2, 0.25) is 5.91 Å². The second-order valence-electron chi connectivity index (χ2n) is 8.10. The van der Waals surface area contributed by atoms with Gasteiger partial charge in [-0.25, -0.2) is 4.98 Å². The van der Waals surface area contributed by atoms with E-state index in [2.05, 4.69) is 17.5 Å². The Morgan fingerprint density at radius 1 is 1.15 bits per heavy atom. The lowest BCUT2D eigenvalue weighted by molar-refractivity contribution is -0.113. The monoisotopic (exact) mass is 458 g/mol. The van der Waals surface area contributed by atoms with Gasteiger partial charge in [-0.1, -0.05) is 47.7 Å². The summed E-state index contributed by atoms with van der Waals surface area (Å²) in [5.74, 6) is -0.0232. The Kier molecular flexibility index (Phi) is 7.59. The van der Waals surface area contributed by atoms with E-state index in [1.165, 1.54) is 30.2 Å². The first-order valence-electron chi connectivity index (χ1n) is 11.2. The number of fused-ring (bicyclic) bond motifs is 1. The molecule has 0 bridgehead atoms. The number of para-hydroxylation sites is 1. The van der Waals surface area contributed by atoms with Crippen molar-refractivity contribution in [3.63, 3.8) is 0 Å². The number of hydrogen-bond acceptors (Lipinski definition) is 5. The highest BCUT2D eigenvalue weighted by molar-refractivity contribution is 7.99. The van der Waals surface area contributed by atoms with E-state index in [1.807, 2.05) is 30.3 Å². The molecule has 168 valence electrons. The van der Waals surface area contributed by atoms with Gasteiger partial charge < -0.3 is 5.32 Å². The molecule has 1 aliphatic carbocycles. The fourth-order valence-electron chi connectivity index (χ4n) is 3.97. The van der Waals surface area contributed by atoms with Gasteiger partial charge in [-0.15, -0.1) is 0 Å². The number of nitriles is 1. The fourth-order valence-corrected chi connectivity index (χ4v) is 4.79. The lowest BCUT2D eigenvalue weighted by atomic mass is 9.97. The van der Waals surface area contributed by atoms with Crippen molar-refractivity contribution in [2.24, 2.45) is 0 Å². The number of amides is 1. The molecule has 0 radical (unpaired) electrons. The molecule has 1 amide bonds. The van der Waals surface area contributed by atoms with E-state index in [1.54, 1.807) is 22.8 Å². The maximum absolute atomic E-state index is 13.2. The molecule has 6 nitrogen and oxygen atoms in total. The molecular weight excluding hydrogens is 432 g/mol.